The van der Waals surface area contributed by atoms with E-state index < -0.39 is 0 Å². The van der Waals surface area contributed by atoms with Gasteiger partial charge in [0.1, 0.15) is 5.01 Å². The van der Waals surface area contributed by atoms with E-state index in [0.717, 1.165) is 14.5 Å². The lowest BCUT2D eigenvalue weighted by Crippen LogP contribution is -2.21. The maximum atomic E-state index is 9.38. The van der Waals surface area contributed by atoms with Crippen LogP contribution in [-0.2, 0) is 5.41 Å². The summed E-state index contributed by atoms with van der Waals surface area (Å²) in [4.78, 5) is 7.06. The highest BCUT2D eigenvalue weighted by atomic mass is 79.9. The highest BCUT2D eigenvalue weighted by molar-refractivity contribution is 9.11. The average molecular weight is 332 g/mol. The molecule has 0 fully saturated rings. The Morgan fingerprint density at radius 3 is 2.59 bits per heavy atom. The number of rotatable bonds is 3. The summed E-state index contributed by atoms with van der Waals surface area (Å²) in [5.41, 5.74) is 0.782. The van der Waals surface area contributed by atoms with Crippen LogP contribution in [0.1, 0.15) is 23.7 Å². The van der Waals surface area contributed by atoms with Crippen LogP contribution in [0, 0.1) is 6.92 Å². The fourth-order valence-electron chi connectivity index (χ4n) is 1.42. The van der Waals surface area contributed by atoms with Gasteiger partial charge in [0.2, 0.25) is 0 Å². The van der Waals surface area contributed by atoms with Gasteiger partial charge in [-0.2, -0.15) is 0 Å². The van der Waals surface area contributed by atoms with Crippen molar-refractivity contribution in [3.05, 3.63) is 25.8 Å². The van der Waals surface area contributed by atoms with Gasteiger partial charge in [-0.1, -0.05) is 13.8 Å². The molecular formula is C12H14BrNOS2. The fraction of sp³-hybridized carbons (Fsp3) is 0.417. The van der Waals surface area contributed by atoms with Crippen LogP contribution in [0.3, 0.4) is 0 Å². The van der Waals surface area contributed by atoms with Crippen LogP contribution in [0.5, 0.6) is 0 Å². The van der Waals surface area contributed by atoms with Gasteiger partial charge in [0.25, 0.3) is 0 Å². The lowest BCUT2D eigenvalue weighted by Gasteiger charge is -2.17. The Hall–Kier alpha value is -0.230. The van der Waals surface area contributed by atoms with Crippen molar-refractivity contribution in [3.8, 4) is 10.6 Å². The van der Waals surface area contributed by atoms with E-state index in [4.69, 9.17) is 0 Å². The quantitative estimate of drug-likeness (QED) is 0.913. The average Bonchev–Trinajstić information content (AvgIpc) is 2.85. The third-order valence-electron chi connectivity index (χ3n) is 2.58. The van der Waals surface area contributed by atoms with Crippen LogP contribution in [0.2, 0.25) is 0 Å². The van der Waals surface area contributed by atoms with E-state index in [1.54, 1.807) is 22.7 Å². The minimum atomic E-state index is -0.262. The largest absolute Gasteiger partial charge is 0.395 e. The molecule has 0 aromatic carbocycles. The number of hydrogen-bond acceptors (Lipinski definition) is 4. The van der Waals surface area contributed by atoms with Gasteiger partial charge in [-0.25, -0.2) is 4.98 Å². The molecular weight excluding hydrogens is 318 g/mol. The lowest BCUT2D eigenvalue weighted by atomic mass is 9.96. The van der Waals surface area contributed by atoms with Crippen molar-refractivity contribution in [1.82, 2.24) is 4.98 Å². The summed E-state index contributed by atoms with van der Waals surface area (Å²) in [5, 5.41) is 10.4. The Balaban J connectivity index is 2.44. The monoisotopic (exact) mass is 331 g/mol. The molecule has 5 heteroatoms. The molecule has 2 nitrogen and oxygen atoms in total. The van der Waals surface area contributed by atoms with Crippen LogP contribution < -0.4 is 0 Å². The van der Waals surface area contributed by atoms with Gasteiger partial charge in [-0.05, 0) is 35.0 Å². The van der Waals surface area contributed by atoms with E-state index >= 15 is 0 Å². The zero-order chi connectivity index (χ0) is 12.6. The first-order valence-corrected chi connectivity index (χ1v) is 7.71. The third kappa shape index (κ3) is 2.62. The topological polar surface area (TPSA) is 33.1 Å². The van der Waals surface area contributed by atoms with Gasteiger partial charge >= 0.3 is 0 Å². The third-order valence-corrected chi connectivity index (χ3v) is 5.54. The van der Waals surface area contributed by atoms with E-state index in [-0.39, 0.29) is 12.0 Å². The Morgan fingerprint density at radius 2 is 2.06 bits per heavy atom. The highest BCUT2D eigenvalue weighted by Crippen LogP contribution is 2.37. The highest BCUT2D eigenvalue weighted by Gasteiger charge is 2.25. The van der Waals surface area contributed by atoms with Crippen LogP contribution in [0.15, 0.2) is 15.9 Å². The van der Waals surface area contributed by atoms with Gasteiger partial charge in [-0.15, -0.1) is 22.7 Å². The maximum absolute atomic E-state index is 9.38. The first-order chi connectivity index (χ1) is 7.94. The summed E-state index contributed by atoms with van der Waals surface area (Å²) in [6.45, 7) is 6.23. The van der Waals surface area contributed by atoms with E-state index in [0.29, 0.717) is 0 Å². The molecule has 0 saturated heterocycles. The Bertz CT molecular complexity index is 530. The number of hydrogen-bond donors (Lipinski definition) is 1. The Labute approximate surface area is 117 Å². The van der Waals surface area contributed by atoms with Crippen molar-refractivity contribution in [1.29, 1.82) is 0 Å². The standard InChI is InChI=1S/C12H14BrNOS2/c1-7-10(8-4-5-9(13)17-8)14-11(16-7)12(2,3)6-15/h4-5,15H,6H2,1-3H3. The summed E-state index contributed by atoms with van der Waals surface area (Å²) in [7, 11) is 0. The second kappa shape index (κ2) is 4.80. The molecule has 0 amide bonds. The fourth-order valence-corrected chi connectivity index (χ4v) is 3.94. The molecule has 0 atom stereocenters. The lowest BCUT2D eigenvalue weighted by molar-refractivity contribution is 0.218. The van der Waals surface area contributed by atoms with Gasteiger partial charge in [0, 0.05) is 10.3 Å². The van der Waals surface area contributed by atoms with Crippen LogP contribution in [0.4, 0.5) is 0 Å². The minimum absolute atomic E-state index is 0.119. The molecule has 0 unspecified atom stereocenters. The van der Waals surface area contributed by atoms with Crippen molar-refractivity contribution < 1.29 is 5.11 Å². The number of thiazole rings is 1. The molecule has 2 aromatic rings. The maximum Gasteiger partial charge on any atom is 0.101 e. The molecule has 17 heavy (non-hydrogen) atoms. The van der Waals surface area contributed by atoms with E-state index in [1.165, 1.54) is 9.75 Å². The second-order valence-corrected chi connectivity index (χ2v) is 8.24. The van der Waals surface area contributed by atoms with Crippen molar-refractivity contribution >= 4 is 38.6 Å². The molecule has 0 aliphatic carbocycles. The normalized spacial score (nSPS) is 12.1. The predicted molar refractivity (Wildman–Crippen MR) is 78.0 cm³/mol. The zero-order valence-electron chi connectivity index (χ0n) is 9.95. The van der Waals surface area contributed by atoms with Crippen LogP contribution >= 0.6 is 38.6 Å². The first-order valence-electron chi connectivity index (χ1n) is 5.28. The number of halogens is 1. The predicted octanol–water partition coefficient (Wildman–Crippen LogP) is 4.21. The molecule has 0 bridgehead atoms. The van der Waals surface area contributed by atoms with Gasteiger partial charge in [-0.3, -0.25) is 0 Å². The number of aryl methyl sites for hydroxylation is 1. The molecule has 0 spiro atoms. The summed E-state index contributed by atoms with van der Waals surface area (Å²) in [6, 6.07) is 4.11. The molecule has 0 aliphatic rings. The van der Waals surface area contributed by atoms with Crippen molar-refractivity contribution in [2.45, 2.75) is 26.2 Å². The molecule has 0 radical (unpaired) electrons. The van der Waals surface area contributed by atoms with Gasteiger partial charge in [0.05, 0.1) is 21.0 Å². The zero-order valence-corrected chi connectivity index (χ0v) is 13.2. The van der Waals surface area contributed by atoms with Crippen molar-refractivity contribution in [2.24, 2.45) is 0 Å². The van der Waals surface area contributed by atoms with E-state index in [1.807, 2.05) is 19.9 Å². The van der Waals surface area contributed by atoms with Crippen molar-refractivity contribution in [3.63, 3.8) is 0 Å². The molecule has 1 N–H and O–H groups in total. The molecule has 0 aliphatic heterocycles. The molecule has 92 valence electrons. The SMILES string of the molecule is Cc1sc(C(C)(C)CO)nc1-c1ccc(Br)s1. The van der Waals surface area contributed by atoms with Gasteiger partial charge < -0.3 is 5.11 Å². The summed E-state index contributed by atoms with van der Waals surface area (Å²) in [6.07, 6.45) is 0. The smallest absolute Gasteiger partial charge is 0.101 e. The second-order valence-electron chi connectivity index (χ2n) is 4.57. The van der Waals surface area contributed by atoms with Crippen molar-refractivity contribution in [2.75, 3.05) is 6.61 Å². The summed E-state index contributed by atoms with van der Waals surface area (Å²) < 4.78 is 1.11. The molecule has 0 saturated carbocycles. The number of aliphatic hydroxyl groups excluding tert-OH is 1. The van der Waals surface area contributed by atoms with Crippen LogP contribution in [0.25, 0.3) is 10.6 Å². The summed E-state index contributed by atoms with van der Waals surface area (Å²) >= 11 is 6.82. The Morgan fingerprint density at radius 1 is 1.35 bits per heavy atom. The van der Waals surface area contributed by atoms with Gasteiger partial charge in [0.15, 0.2) is 0 Å². The number of aliphatic hydroxyl groups is 1. The Kier molecular flexibility index (Phi) is 3.73. The van der Waals surface area contributed by atoms with Crippen LogP contribution in [-0.4, -0.2) is 16.7 Å². The minimum Gasteiger partial charge on any atom is -0.395 e. The first kappa shape index (κ1) is 13.2. The van der Waals surface area contributed by atoms with E-state index in [2.05, 4.69) is 33.9 Å². The molecule has 2 rings (SSSR count). The number of aromatic nitrogens is 1. The number of nitrogens with zero attached hydrogens (tertiary/aromatic N) is 1. The molecule has 2 heterocycles. The molecule has 2 aromatic heterocycles. The van der Waals surface area contributed by atoms with E-state index in [9.17, 15) is 5.11 Å². The summed E-state index contributed by atoms with van der Waals surface area (Å²) in [5.74, 6) is 0. The number of thiophene rings is 1.